The van der Waals surface area contributed by atoms with Gasteiger partial charge in [-0.15, -0.1) is 0 Å². The normalized spacial score (nSPS) is 12.2. The fourth-order valence-corrected chi connectivity index (χ4v) is 2.30. The predicted octanol–water partition coefficient (Wildman–Crippen LogP) is 3.83. The van der Waals surface area contributed by atoms with Crippen molar-refractivity contribution >= 4 is 5.91 Å². The van der Waals surface area contributed by atoms with Gasteiger partial charge in [0.15, 0.2) is 0 Å². The van der Waals surface area contributed by atoms with Crippen molar-refractivity contribution in [3.8, 4) is 0 Å². The van der Waals surface area contributed by atoms with E-state index in [1.165, 1.54) is 0 Å². The molecule has 1 amide bonds. The number of amides is 1. The van der Waals surface area contributed by atoms with Gasteiger partial charge in [0, 0.05) is 18.7 Å². The zero-order chi connectivity index (χ0) is 15.2. The number of hydrogen-bond donors (Lipinski definition) is 0. The number of benzene rings is 1. The molecule has 1 heterocycles. The Morgan fingerprint density at radius 3 is 2.29 bits per heavy atom. The van der Waals surface area contributed by atoms with Crippen molar-refractivity contribution in [3.05, 3.63) is 66.0 Å². The van der Waals surface area contributed by atoms with Crippen LogP contribution in [0.1, 0.15) is 38.1 Å². The smallest absolute Gasteiger partial charge is 0.225 e. The maximum absolute atomic E-state index is 12.6. The Morgan fingerprint density at radius 2 is 1.71 bits per heavy atom. The van der Waals surface area contributed by atoms with Crippen LogP contribution in [0.5, 0.6) is 0 Å². The third kappa shape index (κ3) is 3.91. The zero-order valence-corrected chi connectivity index (χ0v) is 12.9. The average molecular weight is 282 g/mol. The third-order valence-electron chi connectivity index (χ3n) is 3.56. The summed E-state index contributed by atoms with van der Waals surface area (Å²) in [5.41, 5.74) is 2.05. The molecule has 0 spiro atoms. The van der Waals surface area contributed by atoms with Gasteiger partial charge in [-0.2, -0.15) is 0 Å². The van der Waals surface area contributed by atoms with Crippen LogP contribution in [-0.4, -0.2) is 15.8 Å². The molecule has 0 saturated carbocycles. The van der Waals surface area contributed by atoms with E-state index in [4.69, 9.17) is 0 Å². The first-order chi connectivity index (χ1) is 10.1. The number of carbonyl (C=O) groups excluding carboxylic acids is 1. The van der Waals surface area contributed by atoms with Crippen molar-refractivity contribution in [2.75, 3.05) is 0 Å². The van der Waals surface area contributed by atoms with Crippen LogP contribution in [-0.2, 0) is 11.3 Å². The largest absolute Gasteiger partial charge is 0.330 e. The molecule has 110 valence electrons. The molecule has 0 saturated heterocycles. The molecule has 0 aliphatic rings. The minimum absolute atomic E-state index is 0.0279. The standard InChI is InChI=1S/C18H22N2O/c1-14(2)18(21)20(13-16-9-5-4-6-10-16)15(3)17-11-7-8-12-19-17/h4-12,14-15H,13H2,1-3H3. The van der Waals surface area contributed by atoms with E-state index >= 15 is 0 Å². The van der Waals surface area contributed by atoms with Gasteiger partial charge in [-0.3, -0.25) is 9.78 Å². The van der Waals surface area contributed by atoms with E-state index in [-0.39, 0.29) is 17.9 Å². The lowest BCUT2D eigenvalue weighted by Crippen LogP contribution is -2.36. The minimum atomic E-state index is -0.0405. The van der Waals surface area contributed by atoms with Crippen LogP contribution in [0.3, 0.4) is 0 Å². The van der Waals surface area contributed by atoms with Gasteiger partial charge >= 0.3 is 0 Å². The SMILES string of the molecule is CC(C)C(=O)N(Cc1ccccc1)C(C)c1ccccn1. The zero-order valence-electron chi connectivity index (χ0n) is 12.9. The number of pyridine rings is 1. The van der Waals surface area contributed by atoms with Gasteiger partial charge in [0.05, 0.1) is 11.7 Å². The molecule has 0 bridgehead atoms. The highest BCUT2D eigenvalue weighted by Gasteiger charge is 2.24. The van der Waals surface area contributed by atoms with Crippen LogP contribution in [0, 0.1) is 5.92 Å². The first kappa shape index (κ1) is 15.2. The highest BCUT2D eigenvalue weighted by molar-refractivity contribution is 5.78. The van der Waals surface area contributed by atoms with Crippen molar-refractivity contribution in [2.45, 2.75) is 33.4 Å². The summed E-state index contributed by atoms with van der Waals surface area (Å²) in [5.74, 6) is 0.122. The van der Waals surface area contributed by atoms with Crippen molar-refractivity contribution in [3.63, 3.8) is 0 Å². The van der Waals surface area contributed by atoms with Crippen LogP contribution < -0.4 is 0 Å². The highest BCUT2D eigenvalue weighted by Crippen LogP contribution is 2.22. The molecular formula is C18H22N2O. The molecule has 0 N–H and O–H groups in total. The fourth-order valence-electron chi connectivity index (χ4n) is 2.30. The summed E-state index contributed by atoms with van der Waals surface area (Å²) in [5, 5.41) is 0. The van der Waals surface area contributed by atoms with Crippen molar-refractivity contribution in [1.29, 1.82) is 0 Å². The van der Waals surface area contributed by atoms with Crippen molar-refractivity contribution in [2.24, 2.45) is 5.92 Å². The molecule has 0 fully saturated rings. The molecule has 0 aliphatic carbocycles. The Kier molecular flexibility index (Phi) is 5.09. The Bertz CT molecular complexity index is 566. The van der Waals surface area contributed by atoms with Crippen LogP contribution >= 0.6 is 0 Å². The molecule has 1 aromatic heterocycles. The Hall–Kier alpha value is -2.16. The molecule has 1 unspecified atom stereocenters. The lowest BCUT2D eigenvalue weighted by atomic mass is 10.1. The van der Waals surface area contributed by atoms with E-state index in [1.807, 2.05) is 74.2 Å². The van der Waals surface area contributed by atoms with Crippen molar-refractivity contribution in [1.82, 2.24) is 9.88 Å². The van der Waals surface area contributed by atoms with Crippen molar-refractivity contribution < 1.29 is 4.79 Å². The van der Waals surface area contributed by atoms with E-state index in [9.17, 15) is 4.79 Å². The number of carbonyl (C=O) groups is 1. The van der Waals surface area contributed by atoms with Gasteiger partial charge in [-0.25, -0.2) is 0 Å². The molecule has 1 atom stereocenters. The van der Waals surface area contributed by atoms with Gasteiger partial charge in [-0.1, -0.05) is 50.2 Å². The molecule has 0 aliphatic heterocycles. The summed E-state index contributed by atoms with van der Waals surface area (Å²) in [4.78, 5) is 18.9. The second kappa shape index (κ2) is 7.02. The maximum atomic E-state index is 12.6. The van der Waals surface area contributed by atoms with Gasteiger partial charge in [-0.05, 0) is 24.6 Å². The predicted molar refractivity (Wildman–Crippen MR) is 84.5 cm³/mol. The minimum Gasteiger partial charge on any atom is -0.330 e. The topological polar surface area (TPSA) is 33.2 Å². The van der Waals surface area contributed by atoms with E-state index in [0.29, 0.717) is 6.54 Å². The Morgan fingerprint density at radius 1 is 1.05 bits per heavy atom. The third-order valence-corrected chi connectivity index (χ3v) is 3.56. The van der Waals surface area contributed by atoms with Gasteiger partial charge in [0.25, 0.3) is 0 Å². The van der Waals surface area contributed by atoms with Gasteiger partial charge in [0.1, 0.15) is 0 Å². The number of hydrogen-bond acceptors (Lipinski definition) is 2. The fraction of sp³-hybridized carbons (Fsp3) is 0.333. The molecule has 3 heteroatoms. The molecule has 2 rings (SSSR count). The summed E-state index contributed by atoms with van der Waals surface area (Å²) in [6, 6.07) is 15.9. The van der Waals surface area contributed by atoms with Crippen LogP contribution in [0.4, 0.5) is 0 Å². The molecular weight excluding hydrogens is 260 g/mol. The average Bonchev–Trinajstić information content (AvgIpc) is 2.53. The lowest BCUT2D eigenvalue weighted by Gasteiger charge is -2.30. The van der Waals surface area contributed by atoms with E-state index in [0.717, 1.165) is 11.3 Å². The summed E-state index contributed by atoms with van der Waals surface area (Å²) >= 11 is 0. The van der Waals surface area contributed by atoms with Gasteiger partial charge < -0.3 is 4.90 Å². The Balaban J connectivity index is 2.26. The van der Waals surface area contributed by atoms with Gasteiger partial charge in [0.2, 0.25) is 5.91 Å². The van der Waals surface area contributed by atoms with Crippen LogP contribution in [0.2, 0.25) is 0 Å². The quantitative estimate of drug-likeness (QED) is 0.835. The second-order valence-electron chi connectivity index (χ2n) is 5.54. The monoisotopic (exact) mass is 282 g/mol. The molecule has 2 aromatic rings. The first-order valence-electron chi connectivity index (χ1n) is 7.35. The summed E-state index contributed by atoms with van der Waals surface area (Å²) in [6.07, 6.45) is 1.77. The first-order valence-corrected chi connectivity index (χ1v) is 7.35. The molecule has 3 nitrogen and oxygen atoms in total. The number of nitrogens with zero attached hydrogens (tertiary/aromatic N) is 2. The summed E-state index contributed by atoms with van der Waals surface area (Å²) in [6.45, 7) is 6.51. The number of rotatable bonds is 5. The maximum Gasteiger partial charge on any atom is 0.225 e. The van der Waals surface area contributed by atoms with Crippen LogP contribution in [0.15, 0.2) is 54.7 Å². The van der Waals surface area contributed by atoms with Crippen LogP contribution in [0.25, 0.3) is 0 Å². The molecule has 0 radical (unpaired) electrons. The van der Waals surface area contributed by atoms with E-state index in [1.54, 1.807) is 6.20 Å². The molecule has 21 heavy (non-hydrogen) atoms. The van der Waals surface area contributed by atoms with E-state index in [2.05, 4.69) is 4.98 Å². The molecule has 1 aromatic carbocycles. The highest BCUT2D eigenvalue weighted by atomic mass is 16.2. The lowest BCUT2D eigenvalue weighted by molar-refractivity contribution is -0.137. The summed E-state index contributed by atoms with van der Waals surface area (Å²) < 4.78 is 0. The van der Waals surface area contributed by atoms with E-state index < -0.39 is 0 Å². The Labute approximate surface area is 126 Å². The summed E-state index contributed by atoms with van der Waals surface area (Å²) in [7, 11) is 0. The number of aromatic nitrogens is 1. The second-order valence-corrected chi connectivity index (χ2v) is 5.54.